The van der Waals surface area contributed by atoms with Gasteiger partial charge in [-0.2, -0.15) is 0 Å². The second kappa shape index (κ2) is 4.83. The summed E-state index contributed by atoms with van der Waals surface area (Å²) in [6.45, 7) is 1.89. The maximum absolute atomic E-state index is 14.1. The van der Waals surface area contributed by atoms with Crippen molar-refractivity contribution in [3.05, 3.63) is 29.6 Å². The van der Waals surface area contributed by atoms with E-state index in [-0.39, 0.29) is 16.6 Å². The second-order valence-corrected chi connectivity index (χ2v) is 7.14. The molecule has 21 heavy (non-hydrogen) atoms. The highest BCUT2D eigenvalue weighted by molar-refractivity contribution is 8.15. The van der Waals surface area contributed by atoms with Crippen molar-refractivity contribution in [1.82, 2.24) is 0 Å². The summed E-state index contributed by atoms with van der Waals surface area (Å²) < 4.78 is 40.0. The maximum atomic E-state index is 14.1. The number of nitrogen functional groups attached to an aromatic ring is 1. The molecule has 0 aromatic heterocycles. The van der Waals surface area contributed by atoms with Crippen molar-refractivity contribution in [2.75, 3.05) is 5.73 Å². The molecule has 1 saturated carbocycles. The van der Waals surface area contributed by atoms with E-state index in [4.69, 9.17) is 11.5 Å². The zero-order valence-electron chi connectivity index (χ0n) is 11.4. The average Bonchev–Trinajstić information content (AvgIpc) is 2.39. The fourth-order valence-electron chi connectivity index (χ4n) is 3.54. The lowest BCUT2D eigenvalue weighted by Crippen LogP contribution is -2.60. The lowest BCUT2D eigenvalue weighted by atomic mass is 9.60. The molecule has 114 valence electrons. The monoisotopic (exact) mass is 315 g/mol. The topological polar surface area (TPSA) is 64.4 Å². The van der Waals surface area contributed by atoms with Crippen LogP contribution in [0.4, 0.5) is 18.9 Å². The molecule has 1 heterocycles. The largest absolute Gasteiger partial charge is 0.399 e. The average molecular weight is 315 g/mol. The first kappa shape index (κ1) is 14.6. The van der Waals surface area contributed by atoms with Gasteiger partial charge in [-0.25, -0.2) is 13.2 Å². The summed E-state index contributed by atoms with van der Waals surface area (Å²) in [6.07, 6.45) is -2.17. The molecule has 2 aliphatic rings. The lowest BCUT2D eigenvalue weighted by Gasteiger charge is -2.56. The number of amidine groups is 1. The predicted molar refractivity (Wildman–Crippen MR) is 78.8 cm³/mol. The third kappa shape index (κ3) is 2.09. The number of halogens is 3. The normalized spacial score (nSPS) is 35.1. The van der Waals surface area contributed by atoms with Gasteiger partial charge >= 0.3 is 0 Å². The number of hydrogen-bond acceptors (Lipinski definition) is 4. The zero-order valence-corrected chi connectivity index (χ0v) is 12.2. The van der Waals surface area contributed by atoms with Gasteiger partial charge in [-0.15, -0.1) is 0 Å². The van der Waals surface area contributed by atoms with Gasteiger partial charge < -0.3 is 11.5 Å². The third-order valence-corrected chi connectivity index (χ3v) is 5.74. The number of aliphatic imine (C=N–C) groups is 1. The maximum Gasteiger partial charge on any atom is 0.253 e. The molecule has 3 nitrogen and oxygen atoms in total. The van der Waals surface area contributed by atoms with Crippen molar-refractivity contribution in [3.8, 4) is 0 Å². The van der Waals surface area contributed by atoms with Crippen LogP contribution in [0.25, 0.3) is 0 Å². The molecule has 0 amide bonds. The minimum Gasteiger partial charge on any atom is -0.399 e. The highest BCUT2D eigenvalue weighted by atomic mass is 32.2. The third-order valence-electron chi connectivity index (χ3n) is 4.43. The van der Waals surface area contributed by atoms with Gasteiger partial charge in [0.1, 0.15) is 5.82 Å². The van der Waals surface area contributed by atoms with Crippen molar-refractivity contribution in [2.45, 2.75) is 30.6 Å². The van der Waals surface area contributed by atoms with Gasteiger partial charge in [0.05, 0.1) is 10.8 Å². The first-order valence-corrected chi connectivity index (χ1v) is 7.52. The summed E-state index contributed by atoms with van der Waals surface area (Å²) in [5, 5.41) is 0.0882. The Morgan fingerprint density at radius 2 is 2.10 bits per heavy atom. The lowest BCUT2D eigenvalue weighted by molar-refractivity contribution is -0.0319. The Hall–Kier alpha value is -1.37. The number of thioether (sulfide) groups is 1. The molecule has 0 bridgehead atoms. The number of nitrogens with two attached hydrogens (primary N) is 2. The molecule has 1 fully saturated rings. The van der Waals surface area contributed by atoms with Crippen LogP contribution in [0.2, 0.25) is 0 Å². The number of nitrogens with zero attached hydrogens (tertiary/aromatic N) is 1. The second-order valence-electron chi connectivity index (χ2n) is 5.76. The predicted octanol–water partition coefficient (Wildman–Crippen LogP) is 3.17. The number of hydrogen-bond donors (Lipinski definition) is 2. The Balaban J connectivity index is 2.09. The van der Waals surface area contributed by atoms with Crippen LogP contribution in [0.1, 0.15) is 24.9 Å². The van der Waals surface area contributed by atoms with Crippen molar-refractivity contribution in [3.63, 3.8) is 0 Å². The van der Waals surface area contributed by atoms with E-state index >= 15 is 0 Å². The fourth-order valence-corrected chi connectivity index (χ4v) is 5.03. The molecule has 4 N–H and O–H groups in total. The summed E-state index contributed by atoms with van der Waals surface area (Å²) in [6, 6.07) is 3.45. The van der Waals surface area contributed by atoms with E-state index in [0.29, 0.717) is 12.1 Å². The molecule has 4 atom stereocenters. The highest BCUT2D eigenvalue weighted by Gasteiger charge is 2.63. The number of rotatable bonds is 2. The smallest absolute Gasteiger partial charge is 0.253 e. The van der Waals surface area contributed by atoms with Gasteiger partial charge in [0.2, 0.25) is 0 Å². The van der Waals surface area contributed by atoms with E-state index in [1.54, 1.807) is 0 Å². The SMILES string of the molecule is C[C@H]1C[C@]2(C(F)F)SC(N)=N[C@H](c3cc(N)ccc3F)C12. The summed E-state index contributed by atoms with van der Waals surface area (Å²) in [4.78, 5) is 4.24. The molecule has 0 radical (unpaired) electrons. The standard InChI is InChI=1S/C14H16F3N3S/c1-6-5-14(12(16)17)10(6)11(20-13(19)21-14)8-4-7(18)2-3-9(8)15/h2-4,6,10-12H,5,18H2,1H3,(H2,19,20)/t6-,10?,11+,14-/m0/s1. The highest BCUT2D eigenvalue weighted by Crippen LogP contribution is 2.63. The fraction of sp³-hybridized carbons (Fsp3) is 0.500. The number of alkyl halides is 2. The Morgan fingerprint density at radius 1 is 1.38 bits per heavy atom. The van der Waals surface area contributed by atoms with E-state index in [1.165, 1.54) is 18.2 Å². The quantitative estimate of drug-likeness (QED) is 0.824. The van der Waals surface area contributed by atoms with E-state index in [9.17, 15) is 13.2 Å². The molecule has 7 heteroatoms. The molecular formula is C14H16F3N3S. The molecule has 3 rings (SSSR count). The van der Waals surface area contributed by atoms with Crippen LogP contribution < -0.4 is 11.5 Å². The van der Waals surface area contributed by atoms with E-state index in [2.05, 4.69) is 4.99 Å². The number of anilines is 1. The molecule has 1 aliphatic heterocycles. The first-order chi connectivity index (χ1) is 9.85. The number of benzene rings is 1. The molecule has 1 aliphatic carbocycles. The Labute approximate surface area is 125 Å². The van der Waals surface area contributed by atoms with Crippen molar-refractivity contribution < 1.29 is 13.2 Å². The molecule has 0 saturated heterocycles. The van der Waals surface area contributed by atoms with Crippen LogP contribution in [-0.4, -0.2) is 16.3 Å². The van der Waals surface area contributed by atoms with E-state index in [1.807, 2.05) is 6.92 Å². The van der Waals surface area contributed by atoms with Crippen LogP contribution in [0, 0.1) is 17.7 Å². The van der Waals surface area contributed by atoms with Gasteiger partial charge in [0, 0.05) is 17.2 Å². The first-order valence-electron chi connectivity index (χ1n) is 6.70. The van der Waals surface area contributed by atoms with E-state index < -0.39 is 28.9 Å². The van der Waals surface area contributed by atoms with Crippen molar-refractivity contribution in [2.24, 2.45) is 22.6 Å². The van der Waals surface area contributed by atoms with Gasteiger partial charge in [-0.3, -0.25) is 4.99 Å². The van der Waals surface area contributed by atoms with Crippen LogP contribution in [0.3, 0.4) is 0 Å². The van der Waals surface area contributed by atoms with Crippen molar-refractivity contribution in [1.29, 1.82) is 0 Å². The van der Waals surface area contributed by atoms with Gasteiger partial charge in [-0.05, 0) is 30.5 Å². The van der Waals surface area contributed by atoms with Gasteiger partial charge in [0.25, 0.3) is 6.43 Å². The zero-order chi connectivity index (χ0) is 15.4. The summed E-state index contributed by atoms with van der Waals surface area (Å²) in [7, 11) is 0. The van der Waals surface area contributed by atoms with Gasteiger partial charge in [0.15, 0.2) is 5.17 Å². The molecule has 1 aromatic rings. The van der Waals surface area contributed by atoms with Crippen LogP contribution in [0.5, 0.6) is 0 Å². The summed E-state index contributed by atoms with van der Waals surface area (Å²) in [5.74, 6) is -0.889. The molecule has 0 spiro atoms. The summed E-state index contributed by atoms with van der Waals surface area (Å²) >= 11 is 0.928. The Bertz CT molecular complexity index is 607. The van der Waals surface area contributed by atoms with Gasteiger partial charge in [-0.1, -0.05) is 18.7 Å². The van der Waals surface area contributed by atoms with Crippen molar-refractivity contribution >= 4 is 22.6 Å². The minimum atomic E-state index is -2.52. The molecule has 1 aromatic carbocycles. The van der Waals surface area contributed by atoms with Crippen LogP contribution in [0.15, 0.2) is 23.2 Å². The Kier molecular flexibility index (Phi) is 3.35. The Morgan fingerprint density at radius 3 is 2.71 bits per heavy atom. The number of fused-ring (bicyclic) bond motifs is 1. The van der Waals surface area contributed by atoms with Crippen LogP contribution in [-0.2, 0) is 0 Å². The van der Waals surface area contributed by atoms with Crippen LogP contribution >= 0.6 is 11.8 Å². The minimum absolute atomic E-state index is 0.0363. The molecular weight excluding hydrogens is 299 g/mol. The summed E-state index contributed by atoms with van der Waals surface area (Å²) in [5.41, 5.74) is 12.1. The molecule has 1 unspecified atom stereocenters. The van der Waals surface area contributed by atoms with E-state index in [0.717, 1.165) is 11.8 Å².